The van der Waals surface area contributed by atoms with E-state index >= 15 is 0 Å². The molecule has 1 aromatic carbocycles. The van der Waals surface area contributed by atoms with Crippen molar-refractivity contribution in [3.05, 3.63) is 35.9 Å². The van der Waals surface area contributed by atoms with E-state index in [2.05, 4.69) is 7.11 Å². The van der Waals surface area contributed by atoms with Gasteiger partial charge in [0.05, 0.1) is 0 Å². The molecule has 0 unspecified atom stereocenters. The van der Waals surface area contributed by atoms with Gasteiger partial charge >= 0.3 is 0 Å². The first kappa shape index (κ1) is 7.42. The maximum atomic E-state index is 5.70. The van der Waals surface area contributed by atoms with E-state index in [-0.39, 0.29) is 0 Å². The monoisotopic (exact) mass is 155 g/mol. The number of hydrogen-bond acceptors (Lipinski definition) is 1. The smallest absolute Gasteiger partial charge is 0.122 e. The topological polar surface area (TPSA) is 9.23 Å². The van der Waals surface area contributed by atoms with Crippen LogP contribution in [0.15, 0.2) is 18.2 Å². The van der Waals surface area contributed by atoms with Gasteiger partial charge < -0.3 is 4.74 Å². The van der Waals surface area contributed by atoms with Crippen LogP contribution >= 0.6 is 11.6 Å². The van der Waals surface area contributed by atoms with Gasteiger partial charge in [0, 0.05) is 5.02 Å². The fourth-order valence-corrected chi connectivity index (χ4v) is 1.00. The summed E-state index contributed by atoms with van der Waals surface area (Å²) in [6.07, 6.45) is 0. The molecule has 0 atom stereocenters. The normalized spacial score (nSPS) is 9.50. The van der Waals surface area contributed by atoms with Gasteiger partial charge in [-0.25, -0.2) is 0 Å². The molecule has 0 spiro atoms. The molecule has 0 fully saturated rings. The molecule has 0 aromatic heterocycles. The van der Waals surface area contributed by atoms with Gasteiger partial charge in [0.15, 0.2) is 0 Å². The molecule has 0 aliphatic heterocycles. The van der Waals surface area contributed by atoms with Crippen molar-refractivity contribution in [2.75, 3.05) is 0 Å². The number of aryl methyl sites for hydroxylation is 1. The van der Waals surface area contributed by atoms with Crippen molar-refractivity contribution in [2.24, 2.45) is 0 Å². The van der Waals surface area contributed by atoms with Crippen LogP contribution in [0, 0.1) is 14.0 Å². The Morgan fingerprint density at radius 2 is 2.20 bits per heavy atom. The Morgan fingerprint density at radius 1 is 1.50 bits per heavy atom. The van der Waals surface area contributed by atoms with Crippen LogP contribution in [0.2, 0.25) is 5.02 Å². The van der Waals surface area contributed by atoms with Crippen molar-refractivity contribution in [1.29, 1.82) is 0 Å². The lowest BCUT2D eigenvalue weighted by Crippen LogP contribution is -1.82. The van der Waals surface area contributed by atoms with E-state index in [1.165, 1.54) is 0 Å². The summed E-state index contributed by atoms with van der Waals surface area (Å²) in [7, 11) is 3.30. The fourth-order valence-electron chi connectivity index (χ4n) is 0.775. The lowest BCUT2D eigenvalue weighted by molar-refractivity contribution is 0.469. The lowest BCUT2D eigenvalue weighted by atomic mass is 10.2. The molecule has 0 N–H and O–H groups in total. The molecule has 10 heavy (non-hydrogen) atoms. The summed E-state index contributed by atoms with van der Waals surface area (Å²) in [4.78, 5) is 0. The summed E-state index contributed by atoms with van der Waals surface area (Å²) in [6, 6.07) is 5.40. The molecular formula is C8H8ClO. The Bertz CT molecular complexity index is 233. The van der Waals surface area contributed by atoms with Crippen LogP contribution in [0.1, 0.15) is 5.56 Å². The van der Waals surface area contributed by atoms with E-state index in [0.29, 0.717) is 0 Å². The van der Waals surface area contributed by atoms with Crippen LogP contribution in [-0.2, 0) is 0 Å². The molecular weight excluding hydrogens is 148 g/mol. The summed E-state index contributed by atoms with van der Waals surface area (Å²) >= 11 is 5.70. The Balaban J connectivity index is 3.07. The first-order chi connectivity index (χ1) is 4.74. The standard InChI is InChI=1S/C8H8ClO/c1-6-5-7(9)3-4-8(6)10-2/h3-5H,2H2,1H3. The first-order valence-electron chi connectivity index (χ1n) is 2.92. The molecule has 2 heteroatoms. The van der Waals surface area contributed by atoms with Crippen molar-refractivity contribution in [2.45, 2.75) is 6.92 Å². The fraction of sp³-hybridized carbons (Fsp3) is 0.125. The van der Waals surface area contributed by atoms with Crippen molar-refractivity contribution in [3.63, 3.8) is 0 Å². The highest BCUT2D eigenvalue weighted by molar-refractivity contribution is 6.30. The van der Waals surface area contributed by atoms with Crippen molar-refractivity contribution in [1.82, 2.24) is 0 Å². The van der Waals surface area contributed by atoms with E-state index < -0.39 is 0 Å². The summed E-state index contributed by atoms with van der Waals surface area (Å²) < 4.78 is 4.79. The van der Waals surface area contributed by atoms with E-state index in [4.69, 9.17) is 16.3 Å². The van der Waals surface area contributed by atoms with E-state index in [9.17, 15) is 0 Å². The minimum Gasteiger partial charge on any atom is -0.490 e. The minimum atomic E-state index is 0.721. The average Bonchev–Trinajstić information content (AvgIpc) is 1.88. The zero-order chi connectivity index (χ0) is 7.56. The maximum Gasteiger partial charge on any atom is 0.122 e. The zero-order valence-electron chi connectivity index (χ0n) is 5.73. The summed E-state index contributed by atoms with van der Waals surface area (Å²) in [5, 5.41) is 0.721. The molecule has 0 saturated carbocycles. The van der Waals surface area contributed by atoms with Gasteiger partial charge in [-0.15, -0.1) is 0 Å². The lowest BCUT2D eigenvalue weighted by Gasteiger charge is -2.02. The van der Waals surface area contributed by atoms with Gasteiger partial charge in [-0.3, -0.25) is 0 Å². The quantitative estimate of drug-likeness (QED) is 0.606. The third-order valence-corrected chi connectivity index (χ3v) is 1.53. The van der Waals surface area contributed by atoms with Crippen molar-refractivity contribution < 1.29 is 4.74 Å². The van der Waals surface area contributed by atoms with Gasteiger partial charge in [-0.1, -0.05) is 11.6 Å². The number of halogens is 1. The largest absolute Gasteiger partial charge is 0.490 e. The third kappa shape index (κ3) is 1.42. The summed E-state index contributed by atoms with van der Waals surface area (Å²) in [5.41, 5.74) is 1.00. The molecule has 0 bridgehead atoms. The van der Waals surface area contributed by atoms with E-state index in [0.717, 1.165) is 16.3 Å². The molecule has 1 aromatic rings. The van der Waals surface area contributed by atoms with Gasteiger partial charge in [0.2, 0.25) is 0 Å². The first-order valence-corrected chi connectivity index (χ1v) is 3.30. The molecule has 53 valence electrons. The number of rotatable bonds is 1. The minimum absolute atomic E-state index is 0.721. The van der Waals surface area contributed by atoms with E-state index in [1.807, 2.05) is 13.0 Å². The van der Waals surface area contributed by atoms with Crippen LogP contribution in [0.25, 0.3) is 0 Å². The molecule has 0 saturated heterocycles. The van der Waals surface area contributed by atoms with Gasteiger partial charge in [-0.05, 0) is 30.7 Å². The molecule has 1 radical (unpaired) electrons. The summed E-state index contributed by atoms with van der Waals surface area (Å²) in [6.45, 7) is 1.92. The highest BCUT2D eigenvalue weighted by Gasteiger charge is 1.96. The number of benzene rings is 1. The Morgan fingerprint density at radius 3 is 2.70 bits per heavy atom. The second kappa shape index (κ2) is 2.93. The van der Waals surface area contributed by atoms with Crippen LogP contribution in [0.3, 0.4) is 0 Å². The SMILES string of the molecule is [CH2]Oc1ccc(Cl)cc1C. The van der Waals surface area contributed by atoms with Crippen LogP contribution in [0.4, 0.5) is 0 Å². The Kier molecular flexibility index (Phi) is 2.17. The summed E-state index contributed by atoms with van der Waals surface area (Å²) in [5.74, 6) is 0.768. The van der Waals surface area contributed by atoms with Crippen molar-refractivity contribution in [3.8, 4) is 5.75 Å². The molecule has 0 aliphatic carbocycles. The molecule has 0 aliphatic rings. The highest BCUT2D eigenvalue weighted by Crippen LogP contribution is 2.20. The average molecular weight is 156 g/mol. The predicted molar refractivity (Wildman–Crippen MR) is 42.2 cm³/mol. The predicted octanol–water partition coefficient (Wildman–Crippen LogP) is 2.82. The molecule has 1 nitrogen and oxygen atoms in total. The van der Waals surface area contributed by atoms with Crippen LogP contribution in [0.5, 0.6) is 5.75 Å². The number of hydrogen-bond donors (Lipinski definition) is 0. The number of ether oxygens (including phenoxy) is 1. The van der Waals surface area contributed by atoms with Crippen LogP contribution in [-0.4, -0.2) is 0 Å². The van der Waals surface area contributed by atoms with Gasteiger partial charge in [-0.2, -0.15) is 0 Å². The van der Waals surface area contributed by atoms with Crippen molar-refractivity contribution >= 4 is 11.6 Å². The van der Waals surface area contributed by atoms with E-state index in [1.54, 1.807) is 12.1 Å². The molecule has 0 heterocycles. The van der Waals surface area contributed by atoms with Gasteiger partial charge in [0.25, 0.3) is 0 Å². The van der Waals surface area contributed by atoms with Gasteiger partial charge in [0.1, 0.15) is 12.9 Å². The highest BCUT2D eigenvalue weighted by atomic mass is 35.5. The maximum absolute atomic E-state index is 5.70. The second-order valence-corrected chi connectivity index (χ2v) is 2.49. The molecule has 0 amide bonds. The van der Waals surface area contributed by atoms with Crippen LogP contribution < -0.4 is 4.74 Å². The third-order valence-electron chi connectivity index (χ3n) is 1.29. The Labute approximate surface area is 65.6 Å². The zero-order valence-corrected chi connectivity index (χ0v) is 6.48. The second-order valence-electron chi connectivity index (χ2n) is 2.05. The molecule has 1 rings (SSSR count). The Hall–Kier alpha value is -0.690.